The van der Waals surface area contributed by atoms with Gasteiger partial charge < -0.3 is 19.9 Å². The fourth-order valence-corrected chi connectivity index (χ4v) is 4.80. The Morgan fingerprint density at radius 3 is 2.62 bits per heavy atom. The molecule has 10 nitrogen and oxygen atoms in total. The average Bonchev–Trinajstić information content (AvgIpc) is 3.19. The second-order valence-corrected chi connectivity index (χ2v) is 9.61. The van der Waals surface area contributed by atoms with E-state index in [1.165, 1.54) is 4.90 Å². The van der Waals surface area contributed by atoms with Crippen LogP contribution in [0.1, 0.15) is 19.8 Å². The Bertz CT molecular complexity index is 649. The van der Waals surface area contributed by atoms with Crippen LogP contribution in [-0.2, 0) is 19.6 Å². The van der Waals surface area contributed by atoms with Crippen LogP contribution < -0.4 is 10.0 Å². The highest BCUT2D eigenvalue weighted by Gasteiger charge is 2.34. The van der Waals surface area contributed by atoms with E-state index in [1.807, 2.05) is 4.90 Å². The zero-order valence-corrected chi connectivity index (χ0v) is 18.7. The zero-order chi connectivity index (χ0) is 21.3. The summed E-state index contributed by atoms with van der Waals surface area (Å²) in [5, 5.41) is 2.87. The normalized spacial score (nSPS) is 21.4. The number of amides is 1. The summed E-state index contributed by atoms with van der Waals surface area (Å²) < 4.78 is 32.6. The molecule has 2 saturated heterocycles. The fourth-order valence-electron chi connectivity index (χ4n) is 3.37. The Hall–Kier alpha value is -1.43. The number of ether oxygens (including phenoxy) is 1. The number of guanidine groups is 1. The number of rotatable bonds is 9. The quantitative estimate of drug-likeness (QED) is 0.267. The van der Waals surface area contributed by atoms with Crippen molar-refractivity contribution >= 4 is 21.9 Å². The minimum Gasteiger partial charge on any atom is -0.379 e. The second kappa shape index (κ2) is 11.7. The van der Waals surface area contributed by atoms with Gasteiger partial charge in [-0.15, -0.1) is 0 Å². The first-order chi connectivity index (χ1) is 13.8. The van der Waals surface area contributed by atoms with Crippen LogP contribution in [0, 0.1) is 0 Å². The lowest BCUT2D eigenvalue weighted by Crippen LogP contribution is -2.44. The van der Waals surface area contributed by atoms with E-state index in [-0.39, 0.29) is 12.5 Å². The van der Waals surface area contributed by atoms with Crippen LogP contribution in [0.5, 0.6) is 0 Å². The van der Waals surface area contributed by atoms with Gasteiger partial charge in [0.2, 0.25) is 15.9 Å². The van der Waals surface area contributed by atoms with Gasteiger partial charge in [0.15, 0.2) is 5.96 Å². The van der Waals surface area contributed by atoms with Gasteiger partial charge in [0, 0.05) is 53.4 Å². The van der Waals surface area contributed by atoms with Crippen molar-refractivity contribution in [2.24, 2.45) is 4.99 Å². The van der Waals surface area contributed by atoms with Crippen LogP contribution in [0.2, 0.25) is 0 Å². The van der Waals surface area contributed by atoms with E-state index in [9.17, 15) is 13.2 Å². The maximum atomic E-state index is 12.3. The number of sulfonamides is 1. The van der Waals surface area contributed by atoms with Gasteiger partial charge in [0.1, 0.15) is 6.54 Å². The zero-order valence-electron chi connectivity index (χ0n) is 17.9. The largest absolute Gasteiger partial charge is 0.379 e. The molecule has 1 amide bonds. The SMILES string of the molecule is CCNS(=O)(=O)C1CCN(C(=NCC(=O)N(C)C)NCCCN2CCOCC2)C1. The molecule has 2 N–H and O–H groups in total. The van der Waals surface area contributed by atoms with Crippen LogP contribution in [0.25, 0.3) is 0 Å². The number of hydrogen-bond donors (Lipinski definition) is 2. The Morgan fingerprint density at radius 2 is 1.97 bits per heavy atom. The lowest BCUT2D eigenvalue weighted by molar-refractivity contribution is -0.127. The number of carbonyl (C=O) groups is 1. The maximum absolute atomic E-state index is 12.3. The molecule has 0 radical (unpaired) electrons. The highest BCUT2D eigenvalue weighted by Crippen LogP contribution is 2.16. The van der Waals surface area contributed by atoms with Gasteiger partial charge in [-0.1, -0.05) is 6.92 Å². The molecular weight excluding hydrogens is 396 g/mol. The number of likely N-dealkylation sites (N-methyl/N-ethyl adjacent to an activating group) is 1. The summed E-state index contributed by atoms with van der Waals surface area (Å²) in [5.41, 5.74) is 0. The monoisotopic (exact) mass is 432 g/mol. The molecule has 0 spiro atoms. The Morgan fingerprint density at radius 1 is 1.24 bits per heavy atom. The van der Waals surface area contributed by atoms with Gasteiger partial charge >= 0.3 is 0 Å². The summed E-state index contributed by atoms with van der Waals surface area (Å²) in [4.78, 5) is 22.2. The smallest absolute Gasteiger partial charge is 0.243 e. The third kappa shape index (κ3) is 7.72. The van der Waals surface area contributed by atoms with Gasteiger partial charge in [-0.25, -0.2) is 18.1 Å². The Balaban J connectivity index is 1.92. The molecule has 0 saturated carbocycles. The fraction of sp³-hybridized carbons (Fsp3) is 0.889. The predicted molar refractivity (Wildman–Crippen MR) is 113 cm³/mol. The average molecular weight is 433 g/mol. The molecule has 0 aromatic rings. The summed E-state index contributed by atoms with van der Waals surface area (Å²) in [6.07, 6.45) is 1.49. The van der Waals surface area contributed by atoms with E-state index >= 15 is 0 Å². The number of nitrogens with one attached hydrogen (secondary N) is 2. The van der Waals surface area contributed by atoms with E-state index in [0.29, 0.717) is 38.6 Å². The summed E-state index contributed by atoms with van der Waals surface area (Å²) in [6, 6.07) is 0. The number of carbonyl (C=O) groups excluding carboxylic acids is 1. The Kier molecular flexibility index (Phi) is 9.60. The molecule has 0 aromatic heterocycles. The van der Waals surface area contributed by atoms with Crippen molar-refractivity contribution in [2.75, 3.05) is 79.7 Å². The van der Waals surface area contributed by atoms with Crippen LogP contribution in [-0.4, -0.2) is 120 Å². The molecule has 11 heteroatoms. The number of aliphatic imine (C=N–C) groups is 1. The third-order valence-electron chi connectivity index (χ3n) is 5.13. The molecule has 2 aliphatic rings. The first kappa shape index (κ1) is 23.8. The van der Waals surface area contributed by atoms with Crippen LogP contribution in [0.4, 0.5) is 0 Å². The molecular formula is C18H36N6O4S. The number of hydrogen-bond acceptors (Lipinski definition) is 6. The van der Waals surface area contributed by atoms with Gasteiger partial charge in [0.05, 0.1) is 18.5 Å². The maximum Gasteiger partial charge on any atom is 0.243 e. The first-order valence-electron chi connectivity index (χ1n) is 10.4. The number of nitrogens with zero attached hydrogens (tertiary/aromatic N) is 4. The van der Waals surface area contributed by atoms with Gasteiger partial charge in [-0.3, -0.25) is 9.69 Å². The number of morpholine rings is 1. The first-order valence-corrected chi connectivity index (χ1v) is 11.9. The second-order valence-electron chi connectivity index (χ2n) is 7.56. The molecule has 29 heavy (non-hydrogen) atoms. The summed E-state index contributed by atoms with van der Waals surface area (Å²) in [7, 11) is 0.0642. The molecule has 168 valence electrons. The predicted octanol–water partition coefficient (Wildman–Crippen LogP) is -1.24. The summed E-state index contributed by atoms with van der Waals surface area (Å²) in [5.74, 6) is 0.519. The van der Waals surface area contributed by atoms with Crippen molar-refractivity contribution < 1.29 is 17.9 Å². The van der Waals surface area contributed by atoms with E-state index < -0.39 is 15.3 Å². The van der Waals surface area contributed by atoms with E-state index in [1.54, 1.807) is 21.0 Å². The van der Waals surface area contributed by atoms with Crippen LogP contribution >= 0.6 is 0 Å². The van der Waals surface area contributed by atoms with Crippen molar-refractivity contribution in [3.63, 3.8) is 0 Å². The lowest BCUT2D eigenvalue weighted by Gasteiger charge is -2.27. The molecule has 0 bridgehead atoms. The summed E-state index contributed by atoms with van der Waals surface area (Å²) in [6.45, 7) is 8.33. The van der Waals surface area contributed by atoms with E-state index in [0.717, 1.165) is 39.3 Å². The molecule has 2 heterocycles. The van der Waals surface area contributed by atoms with Crippen molar-refractivity contribution in [3.05, 3.63) is 0 Å². The topological polar surface area (TPSA) is 107 Å². The molecule has 2 rings (SSSR count). The minimum absolute atomic E-state index is 0.0416. The molecule has 2 fully saturated rings. The molecule has 1 unspecified atom stereocenters. The standard InChI is InChI=1S/C18H36N6O4S/c1-4-21-29(26,27)16-6-9-24(15-16)18(20-14-17(25)22(2)3)19-7-5-8-23-10-12-28-13-11-23/h16,21H,4-15H2,1-3H3,(H,19,20). The number of likely N-dealkylation sites (tertiary alicyclic amines) is 1. The van der Waals surface area contributed by atoms with Gasteiger partial charge in [-0.2, -0.15) is 0 Å². The van der Waals surface area contributed by atoms with Crippen molar-refractivity contribution in [1.82, 2.24) is 24.7 Å². The van der Waals surface area contributed by atoms with E-state index in [2.05, 4.69) is 19.9 Å². The lowest BCUT2D eigenvalue weighted by atomic mass is 10.3. The highest BCUT2D eigenvalue weighted by atomic mass is 32.2. The van der Waals surface area contributed by atoms with Crippen LogP contribution in [0.3, 0.4) is 0 Å². The van der Waals surface area contributed by atoms with Crippen molar-refractivity contribution in [3.8, 4) is 0 Å². The minimum atomic E-state index is -3.33. The molecule has 0 aliphatic carbocycles. The van der Waals surface area contributed by atoms with Crippen molar-refractivity contribution in [2.45, 2.75) is 25.0 Å². The van der Waals surface area contributed by atoms with Crippen molar-refractivity contribution in [1.29, 1.82) is 0 Å². The summed E-state index contributed by atoms with van der Waals surface area (Å²) >= 11 is 0. The molecule has 0 aromatic carbocycles. The van der Waals surface area contributed by atoms with E-state index in [4.69, 9.17) is 4.74 Å². The highest BCUT2D eigenvalue weighted by molar-refractivity contribution is 7.90. The Labute approximate surface area is 174 Å². The third-order valence-corrected chi connectivity index (χ3v) is 7.08. The molecule has 2 aliphatic heterocycles. The van der Waals surface area contributed by atoms with Gasteiger partial charge in [0.25, 0.3) is 0 Å². The van der Waals surface area contributed by atoms with Gasteiger partial charge in [-0.05, 0) is 19.4 Å². The molecule has 1 atom stereocenters. The van der Waals surface area contributed by atoms with Crippen LogP contribution in [0.15, 0.2) is 4.99 Å².